The second-order valence-electron chi connectivity index (χ2n) is 14.1. The molecule has 0 amide bonds. The lowest BCUT2D eigenvalue weighted by atomic mass is 9.85. The van der Waals surface area contributed by atoms with Crippen LogP contribution in [-0.2, 0) is 6.42 Å². The van der Waals surface area contributed by atoms with E-state index >= 15 is 0 Å². The number of benzene rings is 6. The first-order valence-corrected chi connectivity index (χ1v) is 18.9. The zero-order chi connectivity index (χ0) is 35.2. The maximum atomic E-state index is 4.12. The number of fused-ring (bicyclic) bond motifs is 1. The number of hydrogen-bond donors (Lipinski definition) is 0. The Labute approximate surface area is 303 Å². The van der Waals surface area contributed by atoms with Crippen molar-refractivity contribution in [3.63, 3.8) is 0 Å². The lowest BCUT2D eigenvalue weighted by molar-refractivity contribution is 0.733. The average molecular weight is 665 g/mol. The molecule has 2 heteroatoms. The molecule has 2 heterocycles. The van der Waals surface area contributed by atoms with Gasteiger partial charge < -0.3 is 9.80 Å². The minimum Gasteiger partial charge on any atom is -0.338 e. The third kappa shape index (κ3) is 5.23. The second kappa shape index (κ2) is 13.4. The van der Waals surface area contributed by atoms with Crippen molar-refractivity contribution in [1.29, 1.82) is 0 Å². The molecule has 254 valence electrons. The molecule has 51 heavy (non-hydrogen) atoms. The van der Waals surface area contributed by atoms with Crippen molar-refractivity contribution in [2.45, 2.75) is 72.4 Å². The molecule has 1 aliphatic carbocycles. The molecule has 0 fully saturated rings. The first-order valence-electron chi connectivity index (χ1n) is 18.9. The fraction of sp³-hybridized carbons (Fsp3) is 0.224. The van der Waals surface area contributed by atoms with Gasteiger partial charge in [0.15, 0.2) is 0 Å². The Morgan fingerprint density at radius 2 is 1.39 bits per heavy atom. The van der Waals surface area contributed by atoms with Crippen molar-refractivity contribution in [3.05, 3.63) is 156 Å². The Morgan fingerprint density at radius 1 is 0.725 bits per heavy atom. The van der Waals surface area contributed by atoms with Gasteiger partial charge in [-0.3, -0.25) is 0 Å². The second-order valence-corrected chi connectivity index (χ2v) is 14.1. The van der Waals surface area contributed by atoms with Crippen molar-refractivity contribution in [2.24, 2.45) is 0 Å². The van der Waals surface area contributed by atoms with Gasteiger partial charge in [-0.2, -0.15) is 0 Å². The molecule has 0 radical (unpaired) electrons. The lowest BCUT2D eigenvalue weighted by Gasteiger charge is -2.31. The molecule has 0 saturated carbocycles. The fourth-order valence-corrected chi connectivity index (χ4v) is 9.13. The minimum absolute atomic E-state index is 0.358. The number of para-hydroxylation sites is 1. The van der Waals surface area contributed by atoms with Crippen LogP contribution in [0.3, 0.4) is 0 Å². The molecule has 0 spiro atoms. The summed E-state index contributed by atoms with van der Waals surface area (Å²) in [7, 11) is 0. The largest absolute Gasteiger partial charge is 0.338 e. The van der Waals surface area contributed by atoms with Crippen molar-refractivity contribution in [1.82, 2.24) is 0 Å². The zero-order valence-electron chi connectivity index (χ0n) is 30.7. The van der Waals surface area contributed by atoms with Gasteiger partial charge >= 0.3 is 0 Å². The molecule has 0 aromatic heterocycles. The highest BCUT2D eigenvalue weighted by Gasteiger charge is 2.33. The number of rotatable bonds is 6. The van der Waals surface area contributed by atoms with E-state index < -0.39 is 0 Å². The summed E-state index contributed by atoms with van der Waals surface area (Å²) in [5, 5.41) is 7.92. The summed E-state index contributed by atoms with van der Waals surface area (Å²) < 4.78 is 0. The van der Waals surface area contributed by atoms with Crippen molar-refractivity contribution < 1.29 is 0 Å². The maximum Gasteiger partial charge on any atom is 0.0500 e. The molecule has 6 aromatic rings. The predicted octanol–water partition coefficient (Wildman–Crippen LogP) is 13.7. The number of allylic oxidation sites excluding steroid dienone is 7. The lowest BCUT2D eigenvalue weighted by Crippen LogP contribution is -2.27. The summed E-state index contributed by atoms with van der Waals surface area (Å²) in [4.78, 5) is 5.24. The summed E-state index contributed by atoms with van der Waals surface area (Å²) >= 11 is 0. The van der Waals surface area contributed by atoms with Crippen LogP contribution in [0.4, 0.5) is 17.1 Å². The van der Waals surface area contributed by atoms with Crippen molar-refractivity contribution in [2.75, 3.05) is 9.80 Å². The maximum absolute atomic E-state index is 4.12. The normalized spacial score (nSPS) is 18.6. The third-order valence-corrected chi connectivity index (χ3v) is 11.1. The van der Waals surface area contributed by atoms with Gasteiger partial charge in [-0.05, 0) is 115 Å². The van der Waals surface area contributed by atoms with Gasteiger partial charge in [0.1, 0.15) is 0 Å². The first kappa shape index (κ1) is 32.8. The molecular formula is C49H48N2. The Kier molecular flexibility index (Phi) is 8.64. The molecule has 0 saturated heterocycles. The van der Waals surface area contributed by atoms with Crippen LogP contribution in [0.15, 0.2) is 145 Å². The van der Waals surface area contributed by atoms with E-state index in [1.807, 2.05) is 19.9 Å². The van der Waals surface area contributed by atoms with E-state index in [9.17, 15) is 0 Å². The first-order chi connectivity index (χ1) is 25.1. The van der Waals surface area contributed by atoms with Crippen molar-refractivity contribution in [3.8, 4) is 11.1 Å². The highest BCUT2D eigenvalue weighted by atomic mass is 15.2. The van der Waals surface area contributed by atoms with Crippen molar-refractivity contribution >= 4 is 55.0 Å². The van der Waals surface area contributed by atoms with E-state index in [1.165, 1.54) is 82.9 Å². The van der Waals surface area contributed by atoms with Gasteiger partial charge in [0.05, 0.1) is 0 Å². The van der Waals surface area contributed by atoms with Crippen LogP contribution < -0.4 is 9.80 Å². The van der Waals surface area contributed by atoms with Gasteiger partial charge in [-0.25, -0.2) is 0 Å². The van der Waals surface area contributed by atoms with E-state index in [4.69, 9.17) is 0 Å². The van der Waals surface area contributed by atoms with Crippen LogP contribution in [0.25, 0.3) is 49.0 Å². The van der Waals surface area contributed by atoms with E-state index in [0.29, 0.717) is 12.1 Å². The van der Waals surface area contributed by atoms with E-state index in [0.717, 1.165) is 25.7 Å². The van der Waals surface area contributed by atoms with Crippen LogP contribution in [0.5, 0.6) is 0 Å². The molecule has 2 unspecified atom stereocenters. The molecule has 3 aliphatic rings. The van der Waals surface area contributed by atoms with E-state index in [1.54, 1.807) is 5.57 Å². The molecule has 0 N–H and O–H groups in total. The summed E-state index contributed by atoms with van der Waals surface area (Å²) in [5.74, 6) is 0. The van der Waals surface area contributed by atoms with Crippen LogP contribution >= 0.6 is 0 Å². The molecule has 9 rings (SSSR count). The Balaban J connectivity index is 0.00000184. The van der Waals surface area contributed by atoms with Gasteiger partial charge in [-0.1, -0.05) is 124 Å². The van der Waals surface area contributed by atoms with Crippen LogP contribution in [0.1, 0.15) is 65.0 Å². The smallest absolute Gasteiger partial charge is 0.0500 e. The SMILES string of the molecule is C=C/C=C(\C=C/C)c1cc(N2C3=C(CCC=C3)CC2C)c2ccc3c(-c4ccccc4)cc(N4c5ccccc5CC4C)c4ccc1c2c34.CC. The summed E-state index contributed by atoms with van der Waals surface area (Å²) in [6.45, 7) is 15.0. The molecule has 2 atom stereocenters. The highest BCUT2D eigenvalue weighted by molar-refractivity contribution is 6.31. The Hall–Kier alpha value is -5.34. The number of nitrogens with zero attached hydrogens (tertiary/aromatic N) is 2. The summed E-state index contributed by atoms with van der Waals surface area (Å²) in [6, 6.07) is 35.2. The highest BCUT2D eigenvalue weighted by Crippen LogP contribution is 2.52. The van der Waals surface area contributed by atoms with Crippen LogP contribution in [0.2, 0.25) is 0 Å². The fourth-order valence-electron chi connectivity index (χ4n) is 9.13. The molecule has 0 bridgehead atoms. The number of anilines is 3. The average Bonchev–Trinajstić information content (AvgIpc) is 3.69. The van der Waals surface area contributed by atoms with Crippen LogP contribution in [0, 0.1) is 0 Å². The third-order valence-electron chi connectivity index (χ3n) is 11.1. The summed E-state index contributed by atoms with van der Waals surface area (Å²) in [5.41, 5.74) is 13.3. The van der Waals surface area contributed by atoms with Gasteiger partial charge in [-0.15, -0.1) is 0 Å². The number of hydrogen-bond acceptors (Lipinski definition) is 2. The van der Waals surface area contributed by atoms with Gasteiger partial charge in [0, 0.05) is 56.4 Å². The monoisotopic (exact) mass is 664 g/mol. The zero-order valence-corrected chi connectivity index (χ0v) is 30.7. The van der Waals surface area contributed by atoms with E-state index in [-0.39, 0.29) is 0 Å². The van der Waals surface area contributed by atoms with Gasteiger partial charge in [0.25, 0.3) is 0 Å². The van der Waals surface area contributed by atoms with Gasteiger partial charge in [0.2, 0.25) is 0 Å². The standard InChI is InChI=1S/C47H42N2.C2H6/c1-5-14-32(15-6-2)40-28-44(48-30(3)26-34-18-10-12-20-42(34)48)38-25-23-37-41(33-16-8-7-9-17-33)29-45(39-24-22-36(40)46(38)47(37)39)49-31(4)27-35-19-11-13-21-43(35)49;1-2/h5-9,11-17,19-25,28-31H,1,10,18,26-27H2,2-4H3;1-2H3/b15-6-,32-14+;. The molecule has 6 aromatic carbocycles. The molecule has 2 aliphatic heterocycles. The Morgan fingerprint density at radius 3 is 2.16 bits per heavy atom. The summed E-state index contributed by atoms with van der Waals surface area (Å²) in [6.07, 6.45) is 17.7. The van der Waals surface area contributed by atoms with Crippen LogP contribution in [-0.4, -0.2) is 12.1 Å². The topological polar surface area (TPSA) is 6.48 Å². The quantitative estimate of drug-likeness (QED) is 0.129. The predicted molar refractivity (Wildman–Crippen MR) is 224 cm³/mol. The van der Waals surface area contributed by atoms with E-state index in [2.05, 4.69) is 159 Å². The molecule has 2 nitrogen and oxygen atoms in total. The minimum atomic E-state index is 0.358. The Bertz CT molecular complexity index is 2400. The molecular weight excluding hydrogens is 617 g/mol.